The molecule has 6 nitrogen and oxygen atoms in total. The van der Waals surface area contributed by atoms with E-state index in [4.69, 9.17) is 4.98 Å². The van der Waals surface area contributed by atoms with E-state index in [9.17, 15) is 4.79 Å². The maximum atomic E-state index is 13.1. The van der Waals surface area contributed by atoms with Crippen LogP contribution in [0.5, 0.6) is 0 Å². The molecule has 1 saturated heterocycles. The number of fused-ring (bicyclic) bond motifs is 1. The summed E-state index contributed by atoms with van der Waals surface area (Å²) in [5.74, 6) is 0.751. The lowest BCUT2D eigenvalue weighted by molar-refractivity contribution is 0.102. The van der Waals surface area contributed by atoms with E-state index in [2.05, 4.69) is 76.5 Å². The topological polar surface area (TPSA) is 64.3 Å². The number of benzene rings is 3. The van der Waals surface area contributed by atoms with E-state index in [1.54, 1.807) is 0 Å². The average molecular weight is 522 g/mol. The number of allylic oxidation sites excluding steroid dienone is 1. The Morgan fingerprint density at radius 2 is 1.74 bits per heavy atom. The summed E-state index contributed by atoms with van der Waals surface area (Å²) in [6.07, 6.45) is 6.66. The van der Waals surface area contributed by atoms with Crippen LogP contribution in [0.2, 0.25) is 0 Å². The van der Waals surface area contributed by atoms with Crippen LogP contribution in [0, 0.1) is 0 Å². The van der Waals surface area contributed by atoms with Crippen molar-refractivity contribution in [3.8, 4) is 0 Å². The Bertz CT molecular complexity index is 1400. The van der Waals surface area contributed by atoms with E-state index in [1.165, 1.54) is 29.5 Å². The molecule has 39 heavy (non-hydrogen) atoms. The van der Waals surface area contributed by atoms with Crippen LogP contribution in [-0.2, 0) is 6.54 Å². The predicted molar refractivity (Wildman–Crippen MR) is 162 cm³/mol. The van der Waals surface area contributed by atoms with Crippen LogP contribution < -0.4 is 5.32 Å². The summed E-state index contributed by atoms with van der Waals surface area (Å²) in [5.41, 5.74) is 6.77. The van der Waals surface area contributed by atoms with Gasteiger partial charge in [-0.05, 0) is 73.0 Å². The van der Waals surface area contributed by atoms with E-state index >= 15 is 0 Å². The van der Waals surface area contributed by atoms with E-state index in [-0.39, 0.29) is 5.91 Å². The minimum absolute atomic E-state index is 0.122. The minimum atomic E-state index is -0.122. The first-order valence-electron chi connectivity index (χ1n) is 14.1. The summed E-state index contributed by atoms with van der Waals surface area (Å²) < 4.78 is 0. The van der Waals surface area contributed by atoms with Crippen molar-refractivity contribution in [3.05, 3.63) is 95.3 Å². The molecule has 0 atom stereocenters. The van der Waals surface area contributed by atoms with E-state index in [0.29, 0.717) is 5.56 Å². The number of imidazole rings is 1. The van der Waals surface area contributed by atoms with Gasteiger partial charge in [0.15, 0.2) is 0 Å². The first kappa shape index (κ1) is 26.9. The van der Waals surface area contributed by atoms with Gasteiger partial charge in [0.2, 0.25) is 0 Å². The molecule has 202 valence electrons. The third-order valence-corrected chi connectivity index (χ3v) is 7.45. The maximum absolute atomic E-state index is 13.1. The molecule has 1 fully saturated rings. The van der Waals surface area contributed by atoms with Gasteiger partial charge in [0, 0.05) is 44.0 Å². The number of aromatic amines is 1. The number of anilines is 1. The molecule has 1 aliphatic heterocycles. The van der Waals surface area contributed by atoms with Gasteiger partial charge in [0.1, 0.15) is 5.82 Å². The van der Waals surface area contributed by atoms with Crippen molar-refractivity contribution in [2.45, 2.75) is 39.2 Å². The molecule has 2 heterocycles. The molecule has 2 N–H and O–H groups in total. The molecule has 0 saturated carbocycles. The number of carbonyl (C=O) groups is 1. The Morgan fingerprint density at radius 1 is 0.974 bits per heavy atom. The van der Waals surface area contributed by atoms with Gasteiger partial charge in [-0.15, -0.1) is 0 Å². The molecule has 0 radical (unpaired) electrons. The number of hydrogen-bond donors (Lipinski definition) is 2. The number of rotatable bonds is 10. The molecule has 0 spiro atoms. The number of likely N-dealkylation sites (N-methyl/N-ethyl adjacent to an activating group) is 1. The highest BCUT2D eigenvalue weighted by Crippen LogP contribution is 2.25. The van der Waals surface area contributed by atoms with Gasteiger partial charge in [-0.1, -0.05) is 62.2 Å². The number of unbranched alkanes of at least 4 members (excludes halogenated alkanes) is 2. The molecule has 1 aromatic heterocycles. The molecular formula is C33H39N5O. The van der Waals surface area contributed by atoms with Gasteiger partial charge >= 0.3 is 0 Å². The zero-order chi connectivity index (χ0) is 27.0. The van der Waals surface area contributed by atoms with Gasteiger partial charge < -0.3 is 15.2 Å². The lowest BCUT2D eigenvalue weighted by Crippen LogP contribution is -2.43. The number of amides is 1. The normalized spacial score (nSPS) is 15.1. The quantitative estimate of drug-likeness (QED) is 0.228. The largest absolute Gasteiger partial charge is 0.338 e. The van der Waals surface area contributed by atoms with Crippen molar-refractivity contribution >= 4 is 34.3 Å². The maximum Gasteiger partial charge on any atom is 0.255 e. The Kier molecular flexibility index (Phi) is 8.86. The number of carbonyl (C=O) groups excluding carboxylic acids is 1. The lowest BCUT2D eigenvalue weighted by Gasteiger charge is -2.32. The highest BCUT2D eigenvalue weighted by atomic mass is 16.1. The number of hydrogen-bond acceptors (Lipinski definition) is 4. The number of nitrogens with zero attached hydrogens (tertiary/aromatic N) is 3. The van der Waals surface area contributed by atoms with E-state index in [1.807, 2.05) is 36.4 Å². The molecule has 0 aliphatic carbocycles. The van der Waals surface area contributed by atoms with Crippen molar-refractivity contribution in [1.82, 2.24) is 19.8 Å². The fourth-order valence-corrected chi connectivity index (χ4v) is 5.04. The van der Waals surface area contributed by atoms with Crippen LogP contribution in [-0.4, -0.2) is 58.9 Å². The van der Waals surface area contributed by atoms with Crippen molar-refractivity contribution in [2.75, 3.05) is 38.5 Å². The molecule has 4 aromatic rings. The lowest BCUT2D eigenvalue weighted by atomic mass is 10.0. The van der Waals surface area contributed by atoms with Crippen LogP contribution in [0.1, 0.15) is 59.9 Å². The number of nitrogens with one attached hydrogen (secondary N) is 2. The van der Waals surface area contributed by atoms with Crippen LogP contribution in [0.15, 0.2) is 72.8 Å². The van der Waals surface area contributed by atoms with E-state index in [0.717, 1.165) is 68.1 Å². The van der Waals surface area contributed by atoms with Crippen LogP contribution in [0.25, 0.3) is 22.7 Å². The van der Waals surface area contributed by atoms with Crippen molar-refractivity contribution < 1.29 is 4.79 Å². The first-order chi connectivity index (χ1) is 19.1. The van der Waals surface area contributed by atoms with Crippen LogP contribution >= 0.6 is 0 Å². The second kappa shape index (κ2) is 12.9. The summed E-state index contributed by atoms with van der Waals surface area (Å²) >= 11 is 0. The van der Waals surface area contributed by atoms with Crippen molar-refractivity contribution in [3.63, 3.8) is 0 Å². The molecular weight excluding hydrogens is 482 g/mol. The summed E-state index contributed by atoms with van der Waals surface area (Å²) in [6, 6.07) is 24.3. The van der Waals surface area contributed by atoms with Gasteiger partial charge in [-0.3, -0.25) is 9.69 Å². The zero-order valence-electron chi connectivity index (χ0n) is 23.1. The fraction of sp³-hybridized carbons (Fsp3) is 0.333. The molecule has 5 rings (SSSR count). The average Bonchev–Trinajstić information content (AvgIpc) is 3.39. The molecule has 1 aliphatic rings. The van der Waals surface area contributed by atoms with Crippen LogP contribution in [0.3, 0.4) is 0 Å². The SMILES string of the molecule is CCCCC/C(=C\c1ccccc1)c1nc2ccc(C(=O)Nc3ccc(CN4CCN(C)CC4)cc3)cc2[nH]1. The fourth-order valence-electron chi connectivity index (χ4n) is 5.04. The number of piperazine rings is 1. The molecule has 0 unspecified atom stereocenters. The zero-order valence-corrected chi connectivity index (χ0v) is 23.1. The number of H-pyrrole nitrogens is 1. The Morgan fingerprint density at radius 3 is 2.49 bits per heavy atom. The summed E-state index contributed by atoms with van der Waals surface area (Å²) in [7, 11) is 2.17. The van der Waals surface area contributed by atoms with Gasteiger partial charge in [-0.2, -0.15) is 0 Å². The highest BCUT2D eigenvalue weighted by Gasteiger charge is 2.15. The Labute approximate surface area is 231 Å². The smallest absolute Gasteiger partial charge is 0.255 e. The van der Waals surface area contributed by atoms with Gasteiger partial charge in [-0.25, -0.2) is 4.98 Å². The highest BCUT2D eigenvalue weighted by molar-refractivity contribution is 6.06. The molecule has 0 bridgehead atoms. The van der Waals surface area contributed by atoms with Gasteiger partial charge in [0.05, 0.1) is 11.0 Å². The molecule has 6 heteroatoms. The second-order valence-electron chi connectivity index (χ2n) is 10.6. The third-order valence-electron chi connectivity index (χ3n) is 7.45. The standard InChI is InChI=1S/C33H39N5O/c1-3-4-6-11-27(22-25-9-7-5-8-10-25)32-35-30-17-14-28(23-31(30)36-32)33(39)34-29-15-12-26(13-16-29)24-38-20-18-37(2)19-21-38/h5,7-10,12-17,22-23H,3-4,6,11,18-21,24H2,1-2H3,(H,34,39)(H,35,36)/b27-22+. The van der Waals surface area contributed by atoms with Crippen molar-refractivity contribution in [2.24, 2.45) is 0 Å². The number of aromatic nitrogens is 2. The van der Waals surface area contributed by atoms with Gasteiger partial charge in [0.25, 0.3) is 5.91 Å². The Hall–Kier alpha value is -3.74. The predicted octanol–water partition coefficient (Wildman–Crippen LogP) is 6.68. The Balaban J connectivity index is 1.27. The minimum Gasteiger partial charge on any atom is -0.338 e. The summed E-state index contributed by atoms with van der Waals surface area (Å²) in [5, 5.41) is 3.05. The monoisotopic (exact) mass is 521 g/mol. The van der Waals surface area contributed by atoms with Crippen molar-refractivity contribution in [1.29, 1.82) is 0 Å². The third kappa shape index (κ3) is 7.22. The summed E-state index contributed by atoms with van der Waals surface area (Å²) in [4.78, 5) is 26.3. The van der Waals surface area contributed by atoms with Crippen LogP contribution in [0.4, 0.5) is 5.69 Å². The molecule has 1 amide bonds. The van der Waals surface area contributed by atoms with E-state index < -0.39 is 0 Å². The second-order valence-corrected chi connectivity index (χ2v) is 10.6. The molecule has 3 aromatic carbocycles. The first-order valence-corrected chi connectivity index (χ1v) is 14.1. The summed E-state index contributed by atoms with van der Waals surface area (Å²) in [6.45, 7) is 7.57.